The van der Waals surface area contributed by atoms with Gasteiger partial charge in [-0.15, -0.1) is 0 Å². The molecule has 1 saturated heterocycles. The maximum absolute atomic E-state index is 13.4. The molecular formula is C19H26N4O2. The molecule has 6 heteroatoms. The van der Waals surface area contributed by atoms with Crippen molar-refractivity contribution in [1.29, 1.82) is 0 Å². The van der Waals surface area contributed by atoms with E-state index in [9.17, 15) is 4.79 Å². The molecule has 2 aromatic rings. The van der Waals surface area contributed by atoms with Gasteiger partial charge in [0.05, 0.1) is 16.6 Å². The predicted molar refractivity (Wildman–Crippen MR) is 95.4 cm³/mol. The summed E-state index contributed by atoms with van der Waals surface area (Å²) in [4.78, 5) is 20.0. The highest BCUT2D eigenvalue weighted by Gasteiger charge is 2.35. The van der Waals surface area contributed by atoms with Crippen LogP contribution in [-0.4, -0.2) is 40.1 Å². The minimum absolute atomic E-state index is 0.0679. The number of carbonyl (C=O) groups is 1. The van der Waals surface area contributed by atoms with Crippen LogP contribution in [0.1, 0.15) is 67.2 Å². The molecule has 3 heterocycles. The predicted octanol–water partition coefficient (Wildman–Crippen LogP) is 2.86. The van der Waals surface area contributed by atoms with Crippen LogP contribution in [0.3, 0.4) is 0 Å². The Morgan fingerprint density at radius 2 is 2.24 bits per heavy atom. The fourth-order valence-corrected chi connectivity index (χ4v) is 3.94. The molecule has 25 heavy (non-hydrogen) atoms. The summed E-state index contributed by atoms with van der Waals surface area (Å²) in [6.45, 7) is 5.56. The van der Waals surface area contributed by atoms with Crippen LogP contribution < -0.4 is 5.73 Å². The fourth-order valence-electron chi connectivity index (χ4n) is 3.94. The Kier molecular flexibility index (Phi) is 4.23. The molecule has 0 aromatic carbocycles. The summed E-state index contributed by atoms with van der Waals surface area (Å²) in [6.07, 6.45) is 4.99. The first-order chi connectivity index (χ1) is 12.1. The second kappa shape index (κ2) is 6.41. The van der Waals surface area contributed by atoms with Crippen molar-refractivity contribution in [3.05, 3.63) is 23.0 Å². The maximum Gasteiger partial charge on any atom is 0.259 e. The number of pyridine rings is 1. The lowest BCUT2D eigenvalue weighted by atomic mass is 10.0. The van der Waals surface area contributed by atoms with Gasteiger partial charge in [-0.25, -0.2) is 4.98 Å². The summed E-state index contributed by atoms with van der Waals surface area (Å²) in [5.41, 5.74) is 8.87. The van der Waals surface area contributed by atoms with E-state index in [4.69, 9.17) is 10.3 Å². The third-order valence-corrected chi connectivity index (χ3v) is 5.51. The lowest BCUT2D eigenvalue weighted by molar-refractivity contribution is 0.0745. The van der Waals surface area contributed by atoms with Crippen LogP contribution in [0.4, 0.5) is 0 Å². The van der Waals surface area contributed by atoms with Crippen molar-refractivity contribution >= 4 is 17.0 Å². The zero-order valence-corrected chi connectivity index (χ0v) is 15.0. The van der Waals surface area contributed by atoms with Gasteiger partial charge in [0.1, 0.15) is 0 Å². The molecule has 0 bridgehead atoms. The summed E-state index contributed by atoms with van der Waals surface area (Å²) >= 11 is 0. The molecule has 4 rings (SSSR count). The molecule has 2 unspecified atom stereocenters. The summed E-state index contributed by atoms with van der Waals surface area (Å²) < 4.78 is 5.49. The SMILES string of the molecule is CCCc1noc2nc(C3CC3)cc(C(=O)N3CC(CN)CC3C)c12. The Labute approximate surface area is 147 Å². The summed E-state index contributed by atoms with van der Waals surface area (Å²) in [5.74, 6) is 0.915. The number of carbonyl (C=O) groups excluding carboxylic acids is 1. The topological polar surface area (TPSA) is 85.2 Å². The smallest absolute Gasteiger partial charge is 0.259 e. The van der Waals surface area contributed by atoms with Crippen LogP contribution in [0.15, 0.2) is 10.6 Å². The highest BCUT2D eigenvalue weighted by molar-refractivity contribution is 6.06. The van der Waals surface area contributed by atoms with E-state index in [-0.39, 0.29) is 11.9 Å². The van der Waals surface area contributed by atoms with Crippen LogP contribution in [0, 0.1) is 5.92 Å². The van der Waals surface area contributed by atoms with E-state index >= 15 is 0 Å². The van der Waals surface area contributed by atoms with Gasteiger partial charge in [0, 0.05) is 24.2 Å². The van der Waals surface area contributed by atoms with Crippen molar-refractivity contribution < 1.29 is 9.32 Å². The Morgan fingerprint density at radius 1 is 1.44 bits per heavy atom. The van der Waals surface area contributed by atoms with Crippen molar-refractivity contribution in [3.63, 3.8) is 0 Å². The van der Waals surface area contributed by atoms with E-state index < -0.39 is 0 Å². The number of nitrogens with two attached hydrogens (primary N) is 1. The molecule has 2 fully saturated rings. The standard InChI is InChI=1S/C19H26N4O2/c1-3-4-15-17-14(19(24)23-10-12(9-20)7-11(23)2)8-16(13-5-6-13)21-18(17)25-22-15/h8,11-13H,3-7,9-10,20H2,1-2H3. The van der Waals surface area contributed by atoms with Crippen molar-refractivity contribution in [2.45, 2.75) is 57.9 Å². The molecule has 134 valence electrons. The number of rotatable bonds is 5. The van der Waals surface area contributed by atoms with E-state index in [2.05, 4.69) is 24.0 Å². The maximum atomic E-state index is 13.4. The van der Waals surface area contributed by atoms with Gasteiger partial charge in [0.15, 0.2) is 0 Å². The van der Waals surface area contributed by atoms with Gasteiger partial charge in [-0.3, -0.25) is 4.79 Å². The summed E-state index contributed by atoms with van der Waals surface area (Å²) in [5, 5.41) is 5.00. The molecular weight excluding hydrogens is 316 g/mol. The van der Waals surface area contributed by atoms with Crippen molar-refractivity contribution in [2.75, 3.05) is 13.1 Å². The summed E-state index contributed by atoms with van der Waals surface area (Å²) in [7, 11) is 0. The molecule has 2 N–H and O–H groups in total. The molecule has 0 radical (unpaired) electrons. The second-order valence-corrected chi connectivity index (χ2v) is 7.57. The lowest BCUT2D eigenvalue weighted by Gasteiger charge is -2.22. The molecule has 1 aliphatic carbocycles. The monoisotopic (exact) mass is 342 g/mol. The van der Waals surface area contributed by atoms with Crippen molar-refractivity contribution in [2.24, 2.45) is 11.7 Å². The minimum Gasteiger partial charge on any atom is -0.336 e. The van der Waals surface area contributed by atoms with Crippen LogP contribution in [0.5, 0.6) is 0 Å². The van der Waals surface area contributed by atoms with Crippen molar-refractivity contribution in [1.82, 2.24) is 15.0 Å². The highest BCUT2D eigenvalue weighted by Crippen LogP contribution is 2.41. The second-order valence-electron chi connectivity index (χ2n) is 7.57. The summed E-state index contributed by atoms with van der Waals surface area (Å²) in [6, 6.07) is 2.20. The average molecular weight is 342 g/mol. The van der Waals surface area contributed by atoms with Gasteiger partial charge in [0.25, 0.3) is 11.6 Å². The minimum atomic E-state index is 0.0679. The third kappa shape index (κ3) is 2.92. The van der Waals surface area contributed by atoms with E-state index in [1.807, 2.05) is 11.0 Å². The van der Waals surface area contributed by atoms with Gasteiger partial charge < -0.3 is 15.2 Å². The number of nitrogens with zero attached hydrogens (tertiary/aromatic N) is 3. The first-order valence-electron chi connectivity index (χ1n) is 9.42. The van der Waals surface area contributed by atoms with Crippen LogP contribution in [-0.2, 0) is 6.42 Å². The van der Waals surface area contributed by atoms with Gasteiger partial charge in [-0.05, 0) is 51.1 Å². The zero-order valence-electron chi connectivity index (χ0n) is 15.0. The normalized spacial score (nSPS) is 23.6. The molecule has 1 saturated carbocycles. The third-order valence-electron chi connectivity index (χ3n) is 5.51. The number of likely N-dealkylation sites (tertiary alicyclic amines) is 1. The molecule has 1 aliphatic heterocycles. The van der Waals surface area contributed by atoms with E-state index in [0.29, 0.717) is 29.7 Å². The number of amides is 1. The first-order valence-corrected chi connectivity index (χ1v) is 9.42. The van der Waals surface area contributed by atoms with Gasteiger partial charge in [0.2, 0.25) is 0 Å². The molecule has 0 spiro atoms. The number of aromatic nitrogens is 2. The number of aryl methyl sites for hydroxylation is 1. The average Bonchev–Trinajstić information content (AvgIpc) is 3.29. The molecule has 2 aromatic heterocycles. The Balaban J connectivity index is 1.78. The number of hydrogen-bond acceptors (Lipinski definition) is 5. The quantitative estimate of drug-likeness (QED) is 0.903. The van der Waals surface area contributed by atoms with Crippen molar-refractivity contribution in [3.8, 4) is 0 Å². The van der Waals surface area contributed by atoms with Gasteiger partial charge in [-0.2, -0.15) is 0 Å². The lowest BCUT2D eigenvalue weighted by Crippen LogP contribution is -2.34. The van der Waals surface area contributed by atoms with E-state index in [0.717, 1.165) is 55.4 Å². The molecule has 2 aliphatic rings. The number of hydrogen-bond donors (Lipinski definition) is 1. The number of fused-ring (bicyclic) bond motifs is 1. The Bertz CT molecular complexity index is 796. The van der Waals surface area contributed by atoms with Crippen LogP contribution in [0.2, 0.25) is 0 Å². The Morgan fingerprint density at radius 3 is 2.88 bits per heavy atom. The van der Waals surface area contributed by atoms with Gasteiger partial charge in [-0.1, -0.05) is 18.5 Å². The Hall–Kier alpha value is -1.95. The molecule has 6 nitrogen and oxygen atoms in total. The van der Waals surface area contributed by atoms with Crippen LogP contribution >= 0.6 is 0 Å². The molecule has 2 atom stereocenters. The largest absolute Gasteiger partial charge is 0.336 e. The zero-order chi connectivity index (χ0) is 17.6. The van der Waals surface area contributed by atoms with E-state index in [1.165, 1.54) is 0 Å². The molecule has 1 amide bonds. The highest BCUT2D eigenvalue weighted by atomic mass is 16.5. The fraction of sp³-hybridized carbons (Fsp3) is 0.632. The van der Waals surface area contributed by atoms with E-state index in [1.54, 1.807) is 0 Å². The first kappa shape index (κ1) is 16.5. The van der Waals surface area contributed by atoms with Crippen LogP contribution in [0.25, 0.3) is 11.1 Å². The van der Waals surface area contributed by atoms with Gasteiger partial charge >= 0.3 is 0 Å².